The van der Waals surface area contributed by atoms with Gasteiger partial charge in [0.05, 0.1) is 20.3 Å². The van der Waals surface area contributed by atoms with Gasteiger partial charge < -0.3 is 14.2 Å². The summed E-state index contributed by atoms with van der Waals surface area (Å²) in [5, 5.41) is 0. The van der Waals surface area contributed by atoms with Crippen LogP contribution in [0.5, 0.6) is 5.75 Å². The van der Waals surface area contributed by atoms with Crippen LogP contribution in [0.15, 0.2) is 12.7 Å². The molecular weight excluding hydrogens is 336 g/mol. The van der Waals surface area contributed by atoms with Gasteiger partial charge in [0, 0.05) is 6.08 Å². The second-order valence-corrected chi connectivity index (χ2v) is 4.38. The summed E-state index contributed by atoms with van der Waals surface area (Å²) in [7, 11) is 0.806. The Kier molecular flexibility index (Phi) is 7.22. The molecule has 0 heterocycles. The first-order chi connectivity index (χ1) is 11.3. The average Bonchev–Trinajstić information content (AvgIpc) is 2.58. The molecule has 0 bridgehead atoms. The van der Waals surface area contributed by atoms with Crippen molar-refractivity contribution in [3.05, 3.63) is 41.5 Å². The molecule has 1 aromatic carbocycles. The highest BCUT2D eigenvalue weighted by Crippen LogP contribution is 2.30. The summed E-state index contributed by atoms with van der Waals surface area (Å²) in [6.07, 6.45) is 1.44. The molecule has 1 aromatic rings. The molecule has 24 heavy (non-hydrogen) atoms. The summed E-state index contributed by atoms with van der Waals surface area (Å²) in [5.41, 5.74) is -1.48. The Morgan fingerprint density at radius 3 is 2.04 bits per heavy atom. The van der Waals surface area contributed by atoms with E-state index in [0.717, 1.165) is 13.2 Å². The normalized spacial score (nSPS) is 10.2. The first-order valence-corrected chi connectivity index (χ1v) is 6.71. The summed E-state index contributed by atoms with van der Waals surface area (Å²) < 4.78 is 68.2. The number of benzene rings is 1. The largest absolute Gasteiger partial charge is 0.487 e. The van der Waals surface area contributed by atoms with Crippen LogP contribution in [-0.2, 0) is 14.3 Å². The first-order valence-electron chi connectivity index (χ1n) is 6.71. The molecular formula is C15H14F4O5. The van der Waals surface area contributed by atoms with Gasteiger partial charge in [-0.3, -0.25) is 0 Å². The summed E-state index contributed by atoms with van der Waals surface area (Å²) in [6.45, 7) is 2.91. The van der Waals surface area contributed by atoms with Crippen LogP contribution in [0.3, 0.4) is 0 Å². The second kappa shape index (κ2) is 8.90. The highest BCUT2D eigenvalue weighted by molar-refractivity contribution is 5.90. The molecule has 0 fully saturated rings. The third kappa shape index (κ3) is 4.46. The van der Waals surface area contributed by atoms with Crippen LogP contribution in [-0.4, -0.2) is 32.3 Å². The Labute approximate surface area is 134 Å². The molecule has 1 rings (SSSR count). The minimum absolute atomic E-state index is 0.0170. The maximum absolute atomic E-state index is 13.7. The van der Waals surface area contributed by atoms with Crippen molar-refractivity contribution < 1.29 is 41.4 Å². The van der Waals surface area contributed by atoms with E-state index in [1.165, 1.54) is 0 Å². The van der Waals surface area contributed by atoms with E-state index in [1.807, 2.05) is 0 Å². The van der Waals surface area contributed by atoms with Gasteiger partial charge in [0.25, 0.3) is 0 Å². The van der Waals surface area contributed by atoms with E-state index in [2.05, 4.69) is 20.8 Å². The zero-order valence-corrected chi connectivity index (χ0v) is 12.7. The highest BCUT2D eigenvalue weighted by atomic mass is 19.2. The lowest BCUT2D eigenvalue weighted by molar-refractivity contribution is -0.137. The van der Waals surface area contributed by atoms with Gasteiger partial charge in [-0.15, -0.1) is 0 Å². The smallest absolute Gasteiger partial charge is 0.344 e. The van der Waals surface area contributed by atoms with Crippen LogP contribution in [0.25, 0.3) is 0 Å². The van der Waals surface area contributed by atoms with Crippen LogP contribution in [0.2, 0.25) is 0 Å². The molecule has 5 nitrogen and oxygen atoms in total. The fraction of sp³-hybridized carbons (Fsp3) is 0.333. The van der Waals surface area contributed by atoms with E-state index >= 15 is 0 Å². The fourth-order valence-corrected chi connectivity index (χ4v) is 1.63. The van der Waals surface area contributed by atoms with Crippen molar-refractivity contribution in [2.24, 2.45) is 0 Å². The molecule has 0 atom stereocenters. The fourth-order valence-electron chi connectivity index (χ4n) is 1.63. The number of unbranched alkanes of at least 4 members (excludes halogenated alkanes) is 1. The molecule has 0 spiro atoms. The lowest BCUT2D eigenvalue weighted by Crippen LogP contribution is -2.14. The van der Waals surface area contributed by atoms with Gasteiger partial charge in [0.15, 0.2) is 17.4 Å². The predicted octanol–water partition coefficient (Wildman–Crippen LogP) is 2.92. The van der Waals surface area contributed by atoms with Crippen molar-refractivity contribution >= 4 is 11.9 Å². The number of rotatable bonds is 8. The van der Waals surface area contributed by atoms with Gasteiger partial charge in [-0.2, -0.15) is 8.78 Å². The Morgan fingerprint density at radius 1 is 1.00 bits per heavy atom. The topological polar surface area (TPSA) is 61.8 Å². The number of hydrogen-bond donors (Lipinski definition) is 0. The van der Waals surface area contributed by atoms with Crippen LogP contribution >= 0.6 is 0 Å². The molecule has 0 unspecified atom stereocenters. The number of methoxy groups -OCH3 is 1. The number of esters is 2. The van der Waals surface area contributed by atoms with Crippen LogP contribution in [0.4, 0.5) is 17.6 Å². The molecule has 0 aliphatic heterocycles. The molecule has 0 saturated heterocycles. The molecule has 0 aliphatic rings. The molecule has 0 amide bonds. The number of carbonyl (C=O) groups excluding carboxylic acids is 2. The van der Waals surface area contributed by atoms with E-state index in [0.29, 0.717) is 0 Å². The molecule has 0 aliphatic carbocycles. The minimum Gasteiger partial charge on any atom is -0.487 e. The SMILES string of the molecule is C=CC(=O)OCCCCOc1c(F)c(F)c(C(=O)OC)c(F)c1F. The van der Waals surface area contributed by atoms with Crippen molar-refractivity contribution in [1.29, 1.82) is 0 Å². The standard InChI is InChI=1S/C15H14F4O5/c1-3-8(20)23-6-4-5-7-24-14-12(18)10(16)9(15(21)22-2)11(17)13(14)19/h3H,1,4-7H2,2H3. The zero-order chi connectivity index (χ0) is 18.3. The summed E-state index contributed by atoms with van der Waals surface area (Å²) in [6, 6.07) is 0. The molecule has 0 N–H and O–H groups in total. The summed E-state index contributed by atoms with van der Waals surface area (Å²) in [4.78, 5) is 21.9. The molecule has 0 radical (unpaired) electrons. The summed E-state index contributed by atoms with van der Waals surface area (Å²) >= 11 is 0. The van der Waals surface area contributed by atoms with Crippen molar-refractivity contribution in [2.75, 3.05) is 20.3 Å². The van der Waals surface area contributed by atoms with Crippen LogP contribution < -0.4 is 4.74 Å². The van der Waals surface area contributed by atoms with Crippen molar-refractivity contribution in [2.45, 2.75) is 12.8 Å². The van der Waals surface area contributed by atoms with Crippen LogP contribution in [0, 0.1) is 23.3 Å². The molecule has 9 heteroatoms. The summed E-state index contributed by atoms with van der Waals surface area (Å²) in [5.74, 6) is -11.0. The molecule has 0 aromatic heterocycles. The maximum atomic E-state index is 13.7. The lowest BCUT2D eigenvalue weighted by Gasteiger charge is -2.12. The quantitative estimate of drug-likeness (QED) is 0.237. The number of carbonyl (C=O) groups is 2. The third-order valence-corrected chi connectivity index (χ3v) is 2.81. The molecule has 132 valence electrons. The predicted molar refractivity (Wildman–Crippen MR) is 73.5 cm³/mol. The first kappa shape index (κ1) is 19.5. The number of halogens is 4. The highest BCUT2D eigenvalue weighted by Gasteiger charge is 2.30. The van der Waals surface area contributed by atoms with E-state index < -0.39 is 46.5 Å². The van der Waals surface area contributed by atoms with Gasteiger partial charge in [0.1, 0.15) is 5.56 Å². The Morgan fingerprint density at radius 2 is 1.54 bits per heavy atom. The van der Waals surface area contributed by atoms with E-state index in [4.69, 9.17) is 0 Å². The lowest BCUT2D eigenvalue weighted by atomic mass is 10.1. The van der Waals surface area contributed by atoms with E-state index in [1.54, 1.807) is 0 Å². The van der Waals surface area contributed by atoms with Gasteiger partial charge in [0.2, 0.25) is 11.6 Å². The third-order valence-electron chi connectivity index (χ3n) is 2.81. The molecule has 0 saturated carbocycles. The van der Waals surface area contributed by atoms with Crippen molar-refractivity contribution in [3.63, 3.8) is 0 Å². The minimum atomic E-state index is -1.91. The van der Waals surface area contributed by atoms with E-state index in [-0.39, 0.29) is 26.1 Å². The Hall–Kier alpha value is -2.58. The van der Waals surface area contributed by atoms with Crippen molar-refractivity contribution in [3.8, 4) is 5.75 Å². The van der Waals surface area contributed by atoms with Gasteiger partial charge in [-0.25, -0.2) is 18.4 Å². The van der Waals surface area contributed by atoms with Crippen LogP contribution in [0.1, 0.15) is 23.2 Å². The second-order valence-electron chi connectivity index (χ2n) is 4.38. The monoisotopic (exact) mass is 350 g/mol. The van der Waals surface area contributed by atoms with E-state index in [9.17, 15) is 27.2 Å². The average molecular weight is 350 g/mol. The zero-order valence-electron chi connectivity index (χ0n) is 12.7. The van der Waals surface area contributed by atoms with Gasteiger partial charge in [-0.1, -0.05) is 6.58 Å². The number of hydrogen-bond acceptors (Lipinski definition) is 5. The van der Waals surface area contributed by atoms with Gasteiger partial charge >= 0.3 is 11.9 Å². The Balaban J connectivity index is 2.74. The Bertz CT molecular complexity index is 616. The van der Waals surface area contributed by atoms with Gasteiger partial charge in [-0.05, 0) is 12.8 Å². The van der Waals surface area contributed by atoms with Crippen molar-refractivity contribution in [1.82, 2.24) is 0 Å². The maximum Gasteiger partial charge on any atom is 0.344 e. The number of ether oxygens (including phenoxy) is 3.